The number of aromatic nitrogens is 2. The van der Waals surface area contributed by atoms with Gasteiger partial charge in [-0.3, -0.25) is 9.48 Å². The summed E-state index contributed by atoms with van der Waals surface area (Å²) < 4.78 is 1.52. The van der Waals surface area contributed by atoms with Crippen molar-refractivity contribution in [1.82, 2.24) is 15.1 Å². The highest BCUT2D eigenvalue weighted by Crippen LogP contribution is 2.11. The van der Waals surface area contributed by atoms with Crippen LogP contribution in [0.2, 0.25) is 0 Å². The lowest BCUT2D eigenvalue weighted by atomic mass is 10.1. The molecule has 1 heterocycles. The van der Waals surface area contributed by atoms with Crippen molar-refractivity contribution in [2.24, 2.45) is 12.8 Å². The second-order valence-corrected chi connectivity index (χ2v) is 4.30. The van der Waals surface area contributed by atoms with Gasteiger partial charge in [-0.1, -0.05) is 0 Å². The highest BCUT2D eigenvalue weighted by atomic mass is 16.4. The van der Waals surface area contributed by atoms with E-state index < -0.39 is 23.9 Å². The van der Waals surface area contributed by atoms with E-state index in [0.717, 1.165) is 0 Å². The molecule has 1 aromatic rings. The van der Waals surface area contributed by atoms with E-state index in [9.17, 15) is 14.4 Å². The van der Waals surface area contributed by atoms with Crippen LogP contribution in [-0.4, -0.2) is 38.8 Å². The fourth-order valence-electron chi connectivity index (χ4n) is 1.58. The Morgan fingerprint density at radius 2 is 2.15 bits per heavy atom. The number of rotatable bonds is 6. The average molecular weight is 283 g/mol. The molecular formula is C11H17N5O4. The van der Waals surface area contributed by atoms with Crippen LogP contribution in [0.3, 0.4) is 0 Å². The number of carboxylic acid groups (broad SMARTS) is 1. The third kappa shape index (κ3) is 4.59. The molecule has 0 bridgehead atoms. The molecule has 0 radical (unpaired) electrons. The van der Waals surface area contributed by atoms with E-state index in [1.165, 1.54) is 4.68 Å². The fraction of sp³-hybridized carbons (Fsp3) is 0.455. The molecule has 0 saturated carbocycles. The van der Waals surface area contributed by atoms with Crippen molar-refractivity contribution in [2.45, 2.75) is 25.8 Å². The van der Waals surface area contributed by atoms with E-state index >= 15 is 0 Å². The number of anilines is 1. The minimum Gasteiger partial charge on any atom is -0.480 e. The number of carbonyl (C=O) groups excluding carboxylic acids is 2. The van der Waals surface area contributed by atoms with Gasteiger partial charge in [-0.2, -0.15) is 5.10 Å². The Morgan fingerprint density at radius 3 is 2.60 bits per heavy atom. The van der Waals surface area contributed by atoms with Gasteiger partial charge >= 0.3 is 12.0 Å². The molecule has 0 aliphatic heterocycles. The third-order valence-electron chi connectivity index (χ3n) is 2.54. The van der Waals surface area contributed by atoms with Crippen LogP contribution in [0, 0.1) is 6.92 Å². The van der Waals surface area contributed by atoms with E-state index in [4.69, 9.17) is 10.8 Å². The van der Waals surface area contributed by atoms with Crippen LogP contribution in [0.15, 0.2) is 6.20 Å². The Kier molecular flexibility index (Phi) is 5.07. The third-order valence-corrected chi connectivity index (χ3v) is 2.54. The van der Waals surface area contributed by atoms with Gasteiger partial charge in [0.2, 0.25) is 5.91 Å². The Labute approximate surface area is 115 Å². The summed E-state index contributed by atoms with van der Waals surface area (Å²) in [6.07, 6.45) is 1.40. The van der Waals surface area contributed by atoms with Crippen molar-refractivity contribution in [2.75, 3.05) is 5.32 Å². The quantitative estimate of drug-likeness (QED) is 0.561. The number of amides is 3. The molecule has 1 unspecified atom stereocenters. The first-order chi connectivity index (χ1) is 9.29. The number of carbonyl (C=O) groups is 3. The first kappa shape index (κ1) is 15.5. The second-order valence-electron chi connectivity index (χ2n) is 4.30. The normalized spacial score (nSPS) is 11.7. The van der Waals surface area contributed by atoms with Gasteiger partial charge in [0.1, 0.15) is 6.04 Å². The van der Waals surface area contributed by atoms with Gasteiger partial charge in [0, 0.05) is 19.7 Å². The number of carboxylic acids is 1. The molecule has 0 fully saturated rings. The summed E-state index contributed by atoms with van der Waals surface area (Å²) in [7, 11) is 1.70. The molecule has 1 aromatic heterocycles. The molecule has 0 aliphatic rings. The summed E-state index contributed by atoms with van der Waals surface area (Å²) in [5.41, 5.74) is 6.03. The van der Waals surface area contributed by atoms with Crippen molar-refractivity contribution < 1.29 is 19.5 Å². The summed E-state index contributed by atoms with van der Waals surface area (Å²) in [4.78, 5) is 33.3. The molecule has 1 rings (SSSR count). The number of hydrogen-bond donors (Lipinski definition) is 4. The summed E-state index contributed by atoms with van der Waals surface area (Å²) in [6, 6.07) is -1.86. The maximum atomic E-state index is 11.7. The second kappa shape index (κ2) is 6.55. The zero-order valence-electron chi connectivity index (χ0n) is 11.2. The molecule has 0 spiro atoms. The highest BCUT2D eigenvalue weighted by molar-refractivity contribution is 5.92. The molecule has 3 amide bonds. The maximum Gasteiger partial charge on any atom is 0.326 e. The summed E-state index contributed by atoms with van der Waals surface area (Å²) >= 11 is 0. The molecule has 1 atom stereocenters. The van der Waals surface area contributed by atoms with Gasteiger partial charge in [-0.15, -0.1) is 0 Å². The van der Waals surface area contributed by atoms with Crippen molar-refractivity contribution >= 4 is 23.6 Å². The lowest BCUT2D eigenvalue weighted by molar-refractivity contribution is -0.139. The van der Waals surface area contributed by atoms with E-state index in [1.807, 2.05) is 0 Å². The summed E-state index contributed by atoms with van der Waals surface area (Å²) in [5.74, 6) is -1.86. The number of hydrogen-bond acceptors (Lipinski definition) is 4. The van der Waals surface area contributed by atoms with Crippen LogP contribution < -0.4 is 16.4 Å². The van der Waals surface area contributed by atoms with Crippen LogP contribution >= 0.6 is 0 Å². The number of nitrogens with zero attached hydrogens (tertiary/aromatic N) is 2. The summed E-state index contributed by atoms with van der Waals surface area (Å²) in [5, 5.41) is 17.7. The monoisotopic (exact) mass is 283 g/mol. The number of aryl methyl sites for hydroxylation is 2. The molecule has 110 valence electrons. The Hall–Kier alpha value is -2.58. The van der Waals surface area contributed by atoms with Crippen LogP contribution in [-0.2, 0) is 16.6 Å². The van der Waals surface area contributed by atoms with Crippen molar-refractivity contribution in [3.8, 4) is 0 Å². The minimum absolute atomic E-state index is 0.0654. The lowest BCUT2D eigenvalue weighted by Gasteiger charge is -2.14. The Bertz CT molecular complexity index is 525. The van der Waals surface area contributed by atoms with E-state index in [1.54, 1.807) is 20.2 Å². The smallest absolute Gasteiger partial charge is 0.326 e. The zero-order valence-corrected chi connectivity index (χ0v) is 11.2. The van der Waals surface area contributed by atoms with Crippen molar-refractivity contribution in [1.29, 1.82) is 0 Å². The van der Waals surface area contributed by atoms with Crippen LogP contribution in [0.25, 0.3) is 0 Å². The van der Waals surface area contributed by atoms with Crippen molar-refractivity contribution in [3.05, 3.63) is 11.9 Å². The van der Waals surface area contributed by atoms with E-state index in [2.05, 4.69) is 15.7 Å². The largest absolute Gasteiger partial charge is 0.480 e. The van der Waals surface area contributed by atoms with E-state index in [0.29, 0.717) is 11.4 Å². The standard InChI is InChI=1S/C11H17N5O4/c1-6-8(5-16(2)15-6)14-11(20)13-7(10(18)19)3-4-9(12)17/h5,7H,3-4H2,1-2H3,(H2,12,17)(H,18,19)(H2,13,14,20). The molecule has 20 heavy (non-hydrogen) atoms. The molecule has 0 aliphatic carbocycles. The van der Waals surface area contributed by atoms with Gasteiger partial charge in [-0.05, 0) is 13.3 Å². The summed E-state index contributed by atoms with van der Waals surface area (Å²) in [6.45, 7) is 1.71. The number of nitrogens with two attached hydrogens (primary N) is 1. The Morgan fingerprint density at radius 1 is 1.50 bits per heavy atom. The lowest BCUT2D eigenvalue weighted by Crippen LogP contribution is -2.43. The molecule has 9 heteroatoms. The number of nitrogens with one attached hydrogen (secondary N) is 2. The van der Waals surface area contributed by atoms with Crippen LogP contribution in [0.1, 0.15) is 18.5 Å². The van der Waals surface area contributed by atoms with Gasteiger partial charge in [0.25, 0.3) is 0 Å². The minimum atomic E-state index is -1.23. The van der Waals surface area contributed by atoms with Crippen molar-refractivity contribution in [3.63, 3.8) is 0 Å². The maximum absolute atomic E-state index is 11.7. The molecule has 9 nitrogen and oxygen atoms in total. The average Bonchev–Trinajstić information content (AvgIpc) is 2.62. The van der Waals surface area contributed by atoms with Gasteiger partial charge in [0.15, 0.2) is 0 Å². The number of aliphatic carboxylic acids is 1. The van der Waals surface area contributed by atoms with Gasteiger partial charge in [0.05, 0.1) is 11.4 Å². The fourth-order valence-corrected chi connectivity index (χ4v) is 1.58. The topological polar surface area (TPSA) is 139 Å². The predicted molar refractivity (Wildman–Crippen MR) is 70.0 cm³/mol. The van der Waals surface area contributed by atoms with Crippen LogP contribution in [0.5, 0.6) is 0 Å². The molecular weight excluding hydrogens is 266 g/mol. The van der Waals surface area contributed by atoms with E-state index in [-0.39, 0.29) is 12.8 Å². The first-order valence-corrected chi connectivity index (χ1v) is 5.88. The van der Waals surface area contributed by atoms with Crippen LogP contribution in [0.4, 0.5) is 10.5 Å². The van der Waals surface area contributed by atoms with Gasteiger partial charge in [-0.25, -0.2) is 9.59 Å². The number of urea groups is 1. The molecule has 0 aromatic carbocycles. The Balaban J connectivity index is 2.60. The molecule has 5 N–H and O–H groups in total. The first-order valence-electron chi connectivity index (χ1n) is 5.88. The molecule has 0 saturated heterocycles. The predicted octanol–water partition coefficient (Wildman–Crippen LogP) is -0.431. The number of primary amides is 1. The van der Waals surface area contributed by atoms with Gasteiger partial charge < -0.3 is 21.5 Å². The SMILES string of the molecule is Cc1nn(C)cc1NC(=O)NC(CCC(N)=O)C(=O)O. The zero-order chi connectivity index (χ0) is 15.3. The highest BCUT2D eigenvalue weighted by Gasteiger charge is 2.21.